The number of nitrogens with two attached hydrogens (primary N) is 1. The zero-order chi connectivity index (χ0) is 12.7. The maximum Gasteiger partial charge on any atom is 0.138 e. The lowest BCUT2D eigenvalue weighted by Crippen LogP contribution is -1.87. The first-order chi connectivity index (χ1) is 8.66. The zero-order valence-electron chi connectivity index (χ0n) is 10.1. The molecule has 0 aliphatic rings. The Labute approximate surface area is 105 Å². The number of aromatic amines is 1. The van der Waals surface area contributed by atoms with Crippen molar-refractivity contribution in [3.8, 4) is 17.0 Å². The molecule has 3 heteroatoms. The molecule has 0 unspecified atom stereocenters. The molecule has 3 nitrogen and oxygen atoms in total. The van der Waals surface area contributed by atoms with E-state index in [1.807, 2.05) is 18.2 Å². The number of benzene rings is 2. The molecule has 0 radical (unpaired) electrons. The third-order valence-corrected chi connectivity index (χ3v) is 3.28. The van der Waals surface area contributed by atoms with Gasteiger partial charge in [-0.2, -0.15) is 0 Å². The van der Waals surface area contributed by atoms with Crippen molar-refractivity contribution in [1.29, 1.82) is 0 Å². The Morgan fingerprint density at radius 2 is 1.89 bits per heavy atom. The Morgan fingerprint density at radius 1 is 1.11 bits per heavy atom. The lowest BCUT2D eigenvalue weighted by molar-refractivity contribution is 0.478. The van der Waals surface area contributed by atoms with Crippen LogP contribution in [0.2, 0.25) is 0 Å². The smallest absolute Gasteiger partial charge is 0.138 e. The van der Waals surface area contributed by atoms with Gasteiger partial charge in [0, 0.05) is 22.2 Å². The Morgan fingerprint density at radius 3 is 2.61 bits per heavy atom. The standard InChI is InChI=1S/C15H14N2O/c1-9-11-4-2-3-5-13(11)17-15(9)10-6-7-14(18)12(16)8-10/h2-8,17-18H,16H2,1H3. The van der Waals surface area contributed by atoms with E-state index < -0.39 is 0 Å². The van der Waals surface area contributed by atoms with Crippen molar-refractivity contribution in [2.24, 2.45) is 0 Å². The summed E-state index contributed by atoms with van der Waals surface area (Å²) in [5.74, 6) is 0.118. The van der Waals surface area contributed by atoms with Crippen LogP contribution in [0.3, 0.4) is 0 Å². The molecule has 0 saturated heterocycles. The number of H-pyrrole nitrogens is 1. The summed E-state index contributed by atoms with van der Waals surface area (Å²) in [5, 5.41) is 10.7. The maximum absolute atomic E-state index is 9.46. The number of aryl methyl sites for hydroxylation is 1. The van der Waals surface area contributed by atoms with Gasteiger partial charge < -0.3 is 15.8 Å². The first kappa shape index (κ1) is 10.7. The number of aromatic nitrogens is 1. The van der Waals surface area contributed by atoms with Gasteiger partial charge in [0.05, 0.1) is 5.69 Å². The number of nitrogen functional groups attached to an aromatic ring is 1. The van der Waals surface area contributed by atoms with E-state index in [-0.39, 0.29) is 5.75 Å². The molecule has 90 valence electrons. The van der Waals surface area contributed by atoms with Crippen LogP contribution in [-0.2, 0) is 0 Å². The second-order valence-corrected chi connectivity index (χ2v) is 4.44. The molecule has 1 aromatic heterocycles. The molecule has 18 heavy (non-hydrogen) atoms. The molecule has 0 atom stereocenters. The Kier molecular flexibility index (Phi) is 2.27. The SMILES string of the molecule is Cc1c(-c2ccc(O)c(N)c2)[nH]c2ccccc12. The first-order valence-electron chi connectivity index (χ1n) is 5.83. The molecule has 3 aromatic rings. The fourth-order valence-corrected chi connectivity index (χ4v) is 2.28. The van der Waals surface area contributed by atoms with Gasteiger partial charge in [-0.15, -0.1) is 0 Å². The van der Waals surface area contributed by atoms with E-state index in [1.165, 1.54) is 10.9 Å². The van der Waals surface area contributed by atoms with E-state index in [1.54, 1.807) is 12.1 Å². The van der Waals surface area contributed by atoms with Crippen LogP contribution in [-0.4, -0.2) is 10.1 Å². The Hall–Kier alpha value is -2.42. The van der Waals surface area contributed by atoms with Gasteiger partial charge in [0.25, 0.3) is 0 Å². The van der Waals surface area contributed by atoms with Crippen LogP contribution >= 0.6 is 0 Å². The summed E-state index contributed by atoms with van der Waals surface area (Å²) in [4.78, 5) is 3.39. The number of para-hydroxylation sites is 1. The molecule has 0 fully saturated rings. The van der Waals surface area contributed by atoms with E-state index in [9.17, 15) is 5.11 Å². The summed E-state index contributed by atoms with van der Waals surface area (Å²) in [6.45, 7) is 2.08. The number of hydrogen-bond donors (Lipinski definition) is 3. The lowest BCUT2D eigenvalue weighted by Gasteiger charge is -2.03. The highest BCUT2D eigenvalue weighted by Crippen LogP contribution is 2.32. The number of phenolic OH excluding ortho intramolecular Hbond substituents is 1. The van der Waals surface area contributed by atoms with Gasteiger partial charge in [0.2, 0.25) is 0 Å². The molecule has 1 heterocycles. The molecule has 4 N–H and O–H groups in total. The van der Waals surface area contributed by atoms with Crippen LogP contribution in [0.15, 0.2) is 42.5 Å². The third-order valence-electron chi connectivity index (χ3n) is 3.28. The number of anilines is 1. The minimum Gasteiger partial charge on any atom is -0.506 e. The highest BCUT2D eigenvalue weighted by molar-refractivity contribution is 5.90. The Balaban J connectivity index is 2.25. The summed E-state index contributed by atoms with van der Waals surface area (Å²) >= 11 is 0. The number of aromatic hydroxyl groups is 1. The minimum absolute atomic E-state index is 0.118. The topological polar surface area (TPSA) is 62.0 Å². The van der Waals surface area contributed by atoms with Crippen molar-refractivity contribution >= 4 is 16.6 Å². The third kappa shape index (κ3) is 1.52. The molecule has 0 aliphatic heterocycles. The van der Waals surface area contributed by atoms with Crippen molar-refractivity contribution in [3.05, 3.63) is 48.0 Å². The van der Waals surface area contributed by atoms with Crippen molar-refractivity contribution < 1.29 is 5.11 Å². The number of nitrogens with one attached hydrogen (secondary N) is 1. The second-order valence-electron chi connectivity index (χ2n) is 4.44. The fraction of sp³-hybridized carbons (Fsp3) is 0.0667. The highest BCUT2D eigenvalue weighted by Gasteiger charge is 2.10. The van der Waals surface area contributed by atoms with Gasteiger partial charge in [-0.05, 0) is 36.8 Å². The van der Waals surface area contributed by atoms with Crippen molar-refractivity contribution in [2.45, 2.75) is 6.92 Å². The molecule has 3 rings (SSSR count). The molecule has 2 aromatic carbocycles. The molecule has 0 aliphatic carbocycles. The van der Waals surface area contributed by atoms with Crippen LogP contribution in [0.25, 0.3) is 22.2 Å². The number of rotatable bonds is 1. The number of fused-ring (bicyclic) bond motifs is 1. The number of phenols is 1. The summed E-state index contributed by atoms with van der Waals surface area (Å²) in [6, 6.07) is 13.4. The molecular formula is C15H14N2O. The van der Waals surface area contributed by atoms with Gasteiger partial charge in [-0.25, -0.2) is 0 Å². The summed E-state index contributed by atoms with van der Waals surface area (Å²) in [6.07, 6.45) is 0. The van der Waals surface area contributed by atoms with Gasteiger partial charge in [0.15, 0.2) is 0 Å². The lowest BCUT2D eigenvalue weighted by atomic mass is 10.1. The molecule has 0 spiro atoms. The van der Waals surface area contributed by atoms with Gasteiger partial charge >= 0.3 is 0 Å². The van der Waals surface area contributed by atoms with Crippen LogP contribution in [0.4, 0.5) is 5.69 Å². The van der Waals surface area contributed by atoms with Crippen LogP contribution in [0, 0.1) is 6.92 Å². The molecule has 0 bridgehead atoms. The molecule has 0 saturated carbocycles. The second kappa shape index (κ2) is 3.81. The van der Waals surface area contributed by atoms with E-state index in [2.05, 4.69) is 24.0 Å². The maximum atomic E-state index is 9.46. The van der Waals surface area contributed by atoms with E-state index in [0.29, 0.717) is 5.69 Å². The monoisotopic (exact) mass is 238 g/mol. The Bertz CT molecular complexity index is 728. The first-order valence-corrected chi connectivity index (χ1v) is 5.83. The van der Waals surface area contributed by atoms with Crippen molar-refractivity contribution in [2.75, 3.05) is 5.73 Å². The van der Waals surface area contributed by atoms with Gasteiger partial charge in [-0.1, -0.05) is 18.2 Å². The predicted octanol–water partition coefficient (Wildman–Crippen LogP) is 3.43. The summed E-state index contributed by atoms with van der Waals surface area (Å²) in [7, 11) is 0. The average Bonchev–Trinajstić information content (AvgIpc) is 2.71. The fourth-order valence-electron chi connectivity index (χ4n) is 2.28. The largest absolute Gasteiger partial charge is 0.506 e. The van der Waals surface area contributed by atoms with Gasteiger partial charge in [0.1, 0.15) is 5.75 Å². The van der Waals surface area contributed by atoms with Crippen LogP contribution in [0.1, 0.15) is 5.56 Å². The van der Waals surface area contributed by atoms with E-state index >= 15 is 0 Å². The number of hydrogen-bond acceptors (Lipinski definition) is 2. The van der Waals surface area contributed by atoms with Crippen LogP contribution < -0.4 is 5.73 Å². The van der Waals surface area contributed by atoms with E-state index in [0.717, 1.165) is 16.8 Å². The van der Waals surface area contributed by atoms with Gasteiger partial charge in [-0.3, -0.25) is 0 Å². The zero-order valence-corrected chi connectivity index (χ0v) is 10.1. The van der Waals surface area contributed by atoms with Crippen LogP contribution in [0.5, 0.6) is 5.75 Å². The van der Waals surface area contributed by atoms with E-state index in [4.69, 9.17) is 5.73 Å². The average molecular weight is 238 g/mol. The minimum atomic E-state index is 0.118. The highest BCUT2D eigenvalue weighted by atomic mass is 16.3. The molecule has 0 amide bonds. The summed E-state index contributed by atoms with van der Waals surface area (Å²) < 4.78 is 0. The molecular weight excluding hydrogens is 224 g/mol. The normalized spacial score (nSPS) is 10.9. The predicted molar refractivity (Wildman–Crippen MR) is 74.5 cm³/mol. The van der Waals surface area contributed by atoms with Crippen molar-refractivity contribution in [3.63, 3.8) is 0 Å². The quantitative estimate of drug-likeness (QED) is 0.449. The summed E-state index contributed by atoms with van der Waals surface area (Å²) in [5.41, 5.74) is 10.5. The van der Waals surface area contributed by atoms with Crippen molar-refractivity contribution in [1.82, 2.24) is 4.98 Å².